The van der Waals surface area contributed by atoms with Gasteiger partial charge in [-0.2, -0.15) is 10.5 Å². The van der Waals surface area contributed by atoms with Crippen molar-refractivity contribution in [3.05, 3.63) is 29.8 Å². The van der Waals surface area contributed by atoms with Crippen molar-refractivity contribution in [1.82, 2.24) is 0 Å². The summed E-state index contributed by atoms with van der Waals surface area (Å²) in [6, 6.07) is 10.3. The van der Waals surface area contributed by atoms with Crippen molar-refractivity contribution in [1.29, 1.82) is 10.5 Å². The summed E-state index contributed by atoms with van der Waals surface area (Å²) in [5, 5.41) is 29.7. The molecule has 2 rings (SSSR count). The normalized spacial score (nSPS) is 19.9. The summed E-state index contributed by atoms with van der Waals surface area (Å²) < 4.78 is -1.50. The highest BCUT2D eigenvalue weighted by atomic mass is 32.2. The number of anilines is 1. The van der Waals surface area contributed by atoms with Crippen LogP contribution >= 0.6 is 11.8 Å². The van der Waals surface area contributed by atoms with Crippen LogP contribution in [0.25, 0.3) is 0 Å². The van der Waals surface area contributed by atoms with Gasteiger partial charge in [0.15, 0.2) is 10.7 Å². The van der Waals surface area contributed by atoms with Gasteiger partial charge in [-0.15, -0.1) is 11.8 Å². The van der Waals surface area contributed by atoms with Gasteiger partial charge in [-0.25, -0.2) is 0 Å². The quantitative estimate of drug-likeness (QED) is 0.863. The van der Waals surface area contributed by atoms with E-state index < -0.39 is 22.5 Å². The maximum atomic E-state index is 12.3. The number of aliphatic carboxylic acids is 1. The van der Waals surface area contributed by atoms with E-state index in [1.807, 2.05) is 0 Å². The third-order valence-corrected chi connectivity index (χ3v) is 4.49. The van der Waals surface area contributed by atoms with Crippen LogP contribution < -0.4 is 5.32 Å². The minimum atomic E-state index is -1.50. The molecule has 2 N–H and O–H groups in total. The van der Waals surface area contributed by atoms with Crippen molar-refractivity contribution >= 4 is 29.3 Å². The summed E-state index contributed by atoms with van der Waals surface area (Å²) >= 11 is 0.791. The van der Waals surface area contributed by atoms with Crippen molar-refractivity contribution in [2.24, 2.45) is 5.92 Å². The van der Waals surface area contributed by atoms with Crippen LogP contribution in [0.1, 0.15) is 5.56 Å². The molecule has 1 amide bonds. The largest absolute Gasteiger partial charge is 0.481 e. The Kier molecular flexibility index (Phi) is 3.64. The molecule has 20 heavy (non-hydrogen) atoms. The van der Waals surface area contributed by atoms with Gasteiger partial charge in [-0.3, -0.25) is 9.59 Å². The van der Waals surface area contributed by atoms with E-state index in [2.05, 4.69) is 5.32 Å². The summed E-state index contributed by atoms with van der Waals surface area (Å²) in [5.74, 6) is -3.28. The number of nitrogens with one attached hydrogen (secondary N) is 1. The van der Waals surface area contributed by atoms with Crippen LogP contribution in [0.4, 0.5) is 5.69 Å². The lowest BCUT2D eigenvalue weighted by molar-refractivity contribution is -0.133. The number of fused-ring (bicyclic) bond motifs is 1. The molecule has 0 fully saturated rings. The average Bonchev–Trinajstić information content (AvgIpc) is 2.71. The molecule has 1 heterocycles. The van der Waals surface area contributed by atoms with E-state index in [0.717, 1.165) is 11.8 Å². The van der Waals surface area contributed by atoms with Crippen molar-refractivity contribution in [2.45, 2.75) is 4.75 Å². The Hall–Kier alpha value is -2.51. The number of carbonyl (C=O) groups excluding carboxylic acids is 1. The monoisotopic (exact) mass is 287 g/mol. The Morgan fingerprint density at radius 3 is 2.65 bits per heavy atom. The van der Waals surface area contributed by atoms with Crippen molar-refractivity contribution in [2.75, 3.05) is 11.1 Å². The van der Waals surface area contributed by atoms with Gasteiger partial charge in [0, 0.05) is 11.3 Å². The summed E-state index contributed by atoms with van der Waals surface area (Å²) in [6.45, 7) is 0. The van der Waals surface area contributed by atoms with Gasteiger partial charge in [-0.05, 0) is 6.07 Å². The topological polar surface area (TPSA) is 114 Å². The first-order valence-corrected chi connectivity index (χ1v) is 6.60. The molecule has 1 atom stereocenters. The zero-order valence-corrected chi connectivity index (χ0v) is 11.0. The fourth-order valence-electron chi connectivity index (χ4n) is 2.15. The van der Waals surface area contributed by atoms with E-state index in [-0.39, 0.29) is 5.75 Å². The number of rotatable bonds is 4. The summed E-state index contributed by atoms with van der Waals surface area (Å²) in [4.78, 5) is 23.1. The molecule has 0 saturated heterocycles. The number of carbonyl (C=O) groups is 2. The highest BCUT2D eigenvalue weighted by Gasteiger charge is 2.54. The Morgan fingerprint density at radius 2 is 2.05 bits per heavy atom. The first-order chi connectivity index (χ1) is 9.56. The molecule has 0 aromatic heterocycles. The predicted octanol–water partition coefficient (Wildman–Crippen LogP) is 1.32. The number of hydrogen-bond donors (Lipinski definition) is 2. The van der Waals surface area contributed by atoms with E-state index >= 15 is 0 Å². The second-order valence-electron chi connectivity index (χ2n) is 4.11. The zero-order chi connectivity index (χ0) is 14.8. The van der Waals surface area contributed by atoms with Gasteiger partial charge >= 0.3 is 5.97 Å². The van der Waals surface area contributed by atoms with Crippen LogP contribution in [0.5, 0.6) is 0 Å². The predicted molar refractivity (Wildman–Crippen MR) is 71.6 cm³/mol. The number of thioether (sulfide) groups is 1. The molecule has 0 bridgehead atoms. The molecule has 100 valence electrons. The fraction of sp³-hybridized carbons (Fsp3) is 0.231. The van der Waals surface area contributed by atoms with Gasteiger partial charge < -0.3 is 10.4 Å². The Balaban J connectivity index is 2.58. The molecule has 0 aliphatic carbocycles. The Labute approximate surface area is 119 Å². The lowest BCUT2D eigenvalue weighted by Crippen LogP contribution is -2.38. The highest BCUT2D eigenvalue weighted by Crippen LogP contribution is 2.50. The van der Waals surface area contributed by atoms with E-state index in [1.54, 1.807) is 36.4 Å². The lowest BCUT2D eigenvalue weighted by Gasteiger charge is -2.26. The standard InChI is InChI=1S/C13H9N3O3S/c14-5-8(6-15)13(20-7-11(17)18)9-3-1-2-4-10(9)16-12(13)19/h1-4,8H,7H2,(H,16,19)(H,17,18). The maximum Gasteiger partial charge on any atom is 0.313 e. The third-order valence-electron chi connectivity index (χ3n) is 3.00. The summed E-state index contributed by atoms with van der Waals surface area (Å²) in [7, 11) is 0. The van der Waals surface area contributed by atoms with Gasteiger partial charge in [0.2, 0.25) is 5.91 Å². The van der Waals surface area contributed by atoms with Crippen LogP contribution in [0, 0.1) is 28.6 Å². The van der Waals surface area contributed by atoms with Gasteiger partial charge in [0.05, 0.1) is 17.9 Å². The average molecular weight is 287 g/mol. The fourth-order valence-corrected chi connectivity index (χ4v) is 3.29. The minimum Gasteiger partial charge on any atom is -0.481 e. The molecule has 0 saturated carbocycles. The molecular formula is C13H9N3O3S. The number of para-hydroxylation sites is 1. The molecule has 1 aromatic rings. The smallest absolute Gasteiger partial charge is 0.313 e. The molecular weight excluding hydrogens is 278 g/mol. The SMILES string of the molecule is N#CC(C#N)C1(SCC(=O)O)C(=O)Nc2ccccc21. The number of carboxylic acids is 1. The van der Waals surface area contributed by atoms with E-state index in [0.29, 0.717) is 11.3 Å². The number of amides is 1. The minimum absolute atomic E-state index is 0.373. The third kappa shape index (κ3) is 1.98. The number of benzene rings is 1. The van der Waals surface area contributed by atoms with Crippen LogP contribution in [0.3, 0.4) is 0 Å². The van der Waals surface area contributed by atoms with Crippen LogP contribution in [0.2, 0.25) is 0 Å². The Bertz CT molecular complexity index is 648. The molecule has 1 aliphatic heterocycles. The highest BCUT2D eigenvalue weighted by molar-refractivity contribution is 8.01. The Morgan fingerprint density at radius 1 is 1.40 bits per heavy atom. The van der Waals surface area contributed by atoms with Crippen molar-refractivity contribution in [3.63, 3.8) is 0 Å². The zero-order valence-electron chi connectivity index (χ0n) is 10.2. The second kappa shape index (κ2) is 5.24. The van der Waals surface area contributed by atoms with E-state index in [9.17, 15) is 9.59 Å². The van der Waals surface area contributed by atoms with Crippen molar-refractivity contribution in [3.8, 4) is 12.1 Å². The number of nitrogens with zero attached hydrogens (tertiary/aromatic N) is 2. The van der Waals surface area contributed by atoms with Crippen LogP contribution in [-0.4, -0.2) is 22.7 Å². The molecule has 0 spiro atoms. The molecule has 7 heteroatoms. The second-order valence-corrected chi connectivity index (χ2v) is 5.33. The van der Waals surface area contributed by atoms with Crippen LogP contribution in [0.15, 0.2) is 24.3 Å². The molecule has 1 unspecified atom stereocenters. The van der Waals surface area contributed by atoms with Gasteiger partial charge in [0.25, 0.3) is 0 Å². The molecule has 1 aliphatic rings. The van der Waals surface area contributed by atoms with E-state index in [4.69, 9.17) is 15.6 Å². The molecule has 6 nitrogen and oxygen atoms in total. The van der Waals surface area contributed by atoms with Crippen molar-refractivity contribution < 1.29 is 14.7 Å². The van der Waals surface area contributed by atoms with Crippen LogP contribution in [-0.2, 0) is 14.3 Å². The number of carboxylic acid groups (broad SMARTS) is 1. The number of nitriles is 2. The first kappa shape index (κ1) is 13.9. The summed E-state index contributed by atoms with van der Waals surface area (Å²) in [5.41, 5.74) is 0.982. The maximum absolute atomic E-state index is 12.3. The summed E-state index contributed by atoms with van der Waals surface area (Å²) in [6.07, 6.45) is 0. The van der Waals surface area contributed by atoms with Gasteiger partial charge in [-0.1, -0.05) is 18.2 Å². The first-order valence-electron chi connectivity index (χ1n) is 5.62. The number of hydrogen-bond acceptors (Lipinski definition) is 5. The molecule has 0 radical (unpaired) electrons. The lowest BCUT2D eigenvalue weighted by atomic mass is 9.88. The van der Waals surface area contributed by atoms with Gasteiger partial charge in [0.1, 0.15) is 0 Å². The molecule has 1 aromatic carbocycles. The van der Waals surface area contributed by atoms with E-state index in [1.165, 1.54) is 0 Å².